The van der Waals surface area contributed by atoms with Gasteiger partial charge in [-0.2, -0.15) is 0 Å². The van der Waals surface area contributed by atoms with E-state index in [0.717, 1.165) is 16.7 Å². The zero-order valence-electron chi connectivity index (χ0n) is 21.8. The van der Waals surface area contributed by atoms with Gasteiger partial charge in [0.15, 0.2) is 0 Å². The molecule has 9 heteroatoms. The second kappa shape index (κ2) is 12.7. The highest BCUT2D eigenvalue weighted by atomic mass is 16.5. The van der Waals surface area contributed by atoms with Crippen molar-refractivity contribution in [1.29, 1.82) is 5.41 Å². The van der Waals surface area contributed by atoms with Crippen LogP contribution in [0.2, 0.25) is 0 Å². The molecule has 3 aromatic rings. The van der Waals surface area contributed by atoms with Crippen molar-refractivity contribution in [1.82, 2.24) is 10.2 Å². The van der Waals surface area contributed by atoms with Gasteiger partial charge in [-0.15, -0.1) is 0 Å². The van der Waals surface area contributed by atoms with Gasteiger partial charge in [0.1, 0.15) is 18.2 Å². The maximum atomic E-state index is 13.1. The molecule has 0 aromatic heterocycles. The Hall–Kier alpha value is -4.66. The van der Waals surface area contributed by atoms with Gasteiger partial charge in [0.25, 0.3) is 0 Å². The van der Waals surface area contributed by atoms with Gasteiger partial charge in [-0.1, -0.05) is 66.7 Å². The summed E-state index contributed by atoms with van der Waals surface area (Å²) in [6.07, 6.45) is 0.353. The lowest BCUT2D eigenvalue weighted by molar-refractivity contribution is -0.145. The second-order valence-corrected chi connectivity index (χ2v) is 9.42. The molecule has 2 amide bonds. The molecule has 0 radical (unpaired) electrons. The topological polar surface area (TPSA) is 135 Å². The van der Waals surface area contributed by atoms with Crippen LogP contribution in [-0.2, 0) is 25.7 Å². The van der Waals surface area contributed by atoms with E-state index >= 15 is 0 Å². The normalized spacial score (nSPS) is 16.5. The number of esters is 1. The van der Waals surface area contributed by atoms with Crippen molar-refractivity contribution in [2.24, 2.45) is 11.7 Å². The minimum atomic E-state index is -0.562. The van der Waals surface area contributed by atoms with Gasteiger partial charge in [0.2, 0.25) is 11.8 Å². The molecule has 2 atom stereocenters. The van der Waals surface area contributed by atoms with E-state index in [0.29, 0.717) is 24.3 Å². The predicted octanol–water partition coefficient (Wildman–Crippen LogP) is 3.11. The van der Waals surface area contributed by atoms with Gasteiger partial charge in [0, 0.05) is 12.1 Å². The summed E-state index contributed by atoms with van der Waals surface area (Å²) in [6, 6.07) is 24.1. The molecule has 1 aliphatic heterocycles. The van der Waals surface area contributed by atoms with Crippen LogP contribution in [-0.4, -0.2) is 54.8 Å². The van der Waals surface area contributed by atoms with Crippen LogP contribution in [0.1, 0.15) is 24.0 Å². The third-order valence-corrected chi connectivity index (χ3v) is 6.74. The number of likely N-dealkylation sites (tertiary alicyclic amines) is 1. The van der Waals surface area contributed by atoms with Gasteiger partial charge >= 0.3 is 5.97 Å². The number of nitrogen functional groups attached to an aromatic ring is 1. The number of nitrogens with one attached hydrogen (secondary N) is 2. The first-order chi connectivity index (χ1) is 18.8. The summed E-state index contributed by atoms with van der Waals surface area (Å²) >= 11 is 0. The quantitative estimate of drug-likeness (QED) is 0.199. The zero-order chi connectivity index (χ0) is 27.8. The first-order valence-corrected chi connectivity index (χ1v) is 12.7. The number of hydrogen-bond donors (Lipinski definition) is 3. The minimum Gasteiger partial charge on any atom is -0.491 e. The van der Waals surface area contributed by atoms with E-state index in [9.17, 15) is 14.4 Å². The average molecular weight is 529 g/mol. The Morgan fingerprint density at radius 2 is 1.64 bits per heavy atom. The number of carbonyl (C=O) groups excluding carboxylic acids is 3. The lowest BCUT2D eigenvalue weighted by atomic mass is 10.0. The number of nitrogens with two attached hydrogens (primary N) is 1. The molecule has 3 aromatic carbocycles. The molecule has 1 aliphatic rings. The van der Waals surface area contributed by atoms with Crippen LogP contribution in [0, 0.1) is 11.3 Å². The molecule has 0 bridgehead atoms. The molecule has 0 saturated carbocycles. The number of methoxy groups -OCH3 is 1. The van der Waals surface area contributed by atoms with Gasteiger partial charge in [-0.05, 0) is 35.2 Å². The smallest absolute Gasteiger partial charge is 0.306 e. The summed E-state index contributed by atoms with van der Waals surface area (Å²) in [6.45, 7) is 0.423. The maximum absolute atomic E-state index is 13.1. The van der Waals surface area contributed by atoms with Gasteiger partial charge in [-0.25, -0.2) is 0 Å². The lowest BCUT2D eigenvalue weighted by Gasteiger charge is -2.24. The van der Waals surface area contributed by atoms with Crippen molar-refractivity contribution < 1.29 is 23.9 Å². The molecule has 1 fully saturated rings. The SMILES string of the molecule is COC(=O)C[C@@H]1C[C@@H](COc2ccc(-c3ccc(C(=N)N)cc3)cc2)N(CC(=O)NCc2ccccc2)C1=O. The van der Waals surface area contributed by atoms with E-state index in [1.807, 2.05) is 66.7 Å². The predicted molar refractivity (Wildman–Crippen MR) is 147 cm³/mol. The Morgan fingerprint density at radius 3 is 2.26 bits per heavy atom. The van der Waals surface area contributed by atoms with Crippen LogP contribution >= 0.6 is 0 Å². The maximum Gasteiger partial charge on any atom is 0.306 e. The van der Waals surface area contributed by atoms with Crippen LogP contribution in [0.25, 0.3) is 11.1 Å². The molecular weight excluding hydrogens is 496 g/mol. The minimum absolute atomic E-state index is 0.0206. The number of hydrogen-bond acceptors (Lipinski definition) is 6. The molecule has 0 spiro atoms. The highest BCUT2D eigenvalue weighted by molar-refractivity contribution is 5.95. The average Bonchev–Trinajstić information content (AvgIpc) is 3.24. The van der Waals surface area contributed by atoms with Crippen LogP contribution < -0.4 is 15.8 Å². The van der Waals surface area contributed by atoms with Crippen molar-refractivity contribution in [2.45, 2.75) is 25.4 Å². The van der Waals surface area contributed by atoms with Crippen molar-refractivity contribution in [3.63, 3.8) is 0 Å². The number of rotatable bonds is 11. The van der Waals surface area contributed by atoms with Gasteiger partial charge in [0.05, 0.1) is 32.0 Å². The summed E-state index contributed by atoms with van der Waals surface area (Å²) in [7, 11) is 1.29. The van der Waals surface area contributed by atoms with Crippen LogP contribution in [0.15, 0.2) is 78.9 Å². The van der Waals surface area contributed by atoms with Crippen LogP contribution in [0.5, 0.6) is 5.75 Å². The van der Waals surface area contributed by atoms with E-state index in [2.05, 4.69) is 5.32 Å². The number of carbonyl (C=O) groups is 3. The monoisotopic (exact) mass is 528 g/mol. The summed E-state index contributed by atoms with van der Waals surface area (Å²) < 4.78 is 10.8. The molecule has 0 aliphatic carbocycles. The largest absolute Gasteiger partial charge is 0.491 e. The number of amidine groups is 1. The highest BCUT2D eigenvalue weighted by Crippen LogP contribution is 2.29. The molecule has 1 saturated heterocycles. The van der Waals surface area contributed by atoms with E-state index in [-0.39, 0.29) is 43.3 Å². The Bertz CT molecular complexity index is 1310. The van der Waals surface area contributed by atoms with Gasteiger partial charge in [-0.3, -0.25) is 19.8 Å². The molecule has 1 heterocycles. The molecule has 4 N–H and O–H groups in total. The number of ether oxygens (including phenoxy) is 2. The second-order valence-electron chi connectivity index (χ2n) is 9.42. The van der Waals surface area contributed by atoms with E-state index in [1.165, 1.54) is 12.0 Å². The summed E-state index contributed by atoms with van der Waals surface area (Å²) in [5.74, 6) is -0.920. The Morgan fingerprint density at radius 1 is 1.00 bits per heavy atom. The molecule has 39 heavy (non-hydrogen) atoms. The third kappa shape index (κ3) is 7.22. The fourth-order valence-electron chi connectivity index (χ4n) is 4.58. The van der Waals surface area contributed by atoms with E-state index in [4.69, 9.17) is 20.6 Å². The summed E-state index contributed by atoms with van der Waals surface area (Å²) in [4.78, 5) is 39.2. The van der Waals surface area contributed by atoms with E-state index < -0.39 is 11.9 Å². The third-order valence-electron chi connectivity index (χ3n) is 6.74. The number of nitrogens with zero attached hydrogens (tertiary/aromatic N) is 1. The molecule has 202 valence electrons. The lowest BCUT2D eigenvalue weighted by Crippen LogP contribution is -2.44. The number of benzene rings is 3. The molecule has 4 rings (SSSR count). The zero-order valence-corrected chi connectivity index (χ0v) is 21.8. The highest BCUT2D eigenvalue weighted by Gasteiger charge is 2.41. The van der Waals surface area contributed by atoms with Crippen molar-refractivity contribution in [3.8, 4) is 16.9 Å². The number of amides is 2. The Labute approximate surface area is 227 Å². The Kier molecular flexibility index (Phi) is 8.94. The fraction of sp³-hybridized carbons (Fsp3) is 0.267. The van der Waals surface area contributed by atoms with Crippen molar-refractivity contribution >= 4 is 23.6 Å². The van der Waals surface area contributed by atoms with Crippen LogP contribution in [0.4, 0.5) is 0 Å². The first kappa shape index (κ1) is 27.4. The van der Waals surface area contributed by atoms with Crippen LogP contribution in [0.3, 0.4) is 0 Å². The summed E-state index contributed by atoms with van der Waals surface area (Å²) in [5.41, 5.74) is 9.10. The standard InChI is InChI=1S/C30H32N4O5/c1-38-28(36)16-24-15-25(34(30(24)37)18-27(35)33-17-20-5-3-2-4-6-20)19-39-26-13-11-22(12-14-26)21-7-9-23(10-8-21)29(31)32/h2-14,24-25H,15-19H2,1H3,(H3,31,32)(H,33,35)/t24-,25-/m0/s1. The van der Waals surface area contributed by atoms with Crippen molar-refractivity contribution in [2.75, 3.05) is 20.3 Å². The van der Waals surface area contributed by atoms with Crippen molar-refractivity contribution in [3.05, 3.63) is 90.0 Å². The summed E-state index contributed by atoms with van der Waals surface area (Å²) in [5, 5.41) is 10.4. The van der Waals surface area contributed by atoms with Gasteiger partial charge < -0.3 is 25.4 Å². The fourth-order valence-corrected chi connectivity index (χ4v) is 4.58. The Balaban J connectivity index is 1.39. The molecular formula is C30H32N4O5. The van der Waals surface area contributed by atoms with E-state index in [1.54, 1.807) is 12.1 Å². The molecule has 0 unspecified atom stereocenters. The first-order valence-electron chi connectivity index (χ1n) is 12.7. The molecule has 9 nitrogen and oxygen atoms in total.